The molecule has 1 aromatic carbocycles. The predicted octanol–water partition coefficient (Wildman–Crippen LogP) is 2.20. The molecule has 2 rings (SSSR count). The van der Waals surface area contributed by atoms with Crippen LogP contribution in [0.4, 0.5) is 0 Å². The van der Waals surface area contributed by atoms with Gasteiger partial charge in [-0.2, -0.15) is 0 Å². The molecular weight excluding hydrogens is 432 g/mol. The van der Waals surface area contributed by atoms with Gasteiger partial charge in [-0.25, -0.2) is 0 Å². The SMILES string of the molecule is CN[C@@H](C)C(=O)N[C@@H](CC(C)C)C(=O)N1C[C@@H](CC(C)=O)C[C@H]1C(=O)N[C@H](C)c1ccccc1. The number of amides is 3. The summed E-state index contributed by atoms with van der Waals surface area (Å²) >= 11 is 0. The van der Waals surface area contributed by atoms with Gasteiger partial charge in [-0.3, -0.25) is 14.4 Å². The van der Waals surface area contributed by atoms with Gasteiger partial charge in [0.05, 0.1) is 12.1 Å². The molecule has 188 valence electrons. The quantitative estimate of drug-likeness (QED) is 0.458. The molecule has 8 nitrogen and oxygen atoms in total. The van der Waals surface area contributed by atoms with Crippen molar-refractivity contribution >= 4 is 23.5 Å². The van der Waals surface area contributed by atoms with Crippen LogP contribution in [-0.4, -0.2) is 60.1 Å². The van der Waals surface area contributed by atoms with E-state index in [2.05, 4.69) is 16.0 Å². The molecule has 1 fully saturated rings. The summed E-state index contributed by atoms with van der Waals surface area (Å²) in [6.45, 7) is 9.46. The van der Waals surface area contributed by atoms with Crippen LogP contribution in [0.15, 0.2) is 30.3 Å². The number of likely N-dealkylation sites (N-methyl/N-ethyl adjacent to an activating group) is 1. The summed E-state index contributed by atoms with van der Waals surface area (Å²) in [4.78, 5) is 52.9. The van der Waals surface area contributed by atoms with Crippen LogP contribution in [-0.2, 0) is 19.2 Å². The topological polar surface area (TPSA) is 108 Å². The third-order valence-corrected chi connectivity index (χ3v) is 6.36. The Balaban J connectivity index is 2.24. The number of nitrogens with zero attached hydrogens (tertiary/aromatic N) is 1. The third-order valence-electron chi connectivity index (χ3n) is 6.36. The second kappa shape index (κ2) is 12.6. The molecule has 1 aliphatic heterocycles. The van der Waals surface area contributed by atoms with E-state index >= 15 is 0 Å². The van der Waals surface area contributed by atoms with E-state index in [1.807, 2.05) is 51.1 Å². The zero-order chi connectivity index (χ0) is 25.4. The number of carbonyl (C=O) groups is 4. The van der Waals surface area contributed by atoms with Crippen molar-refractivity contribution in [2.75, 3.05) is 13.6 Å². The van der Waals surface area contributed by atoms with E-state index in [0.29, 0.717) is 25.8 Å². The van der Waals surface area contributed by atoms with Gasteiger partial charge in [0.25, 0.3) is 0 Å². The molecular formula is C26H40N4O4. The van der Waals surface area contributed by atoms with E-state index in [1.165, 1.54) is 6.92 Å². The summed E-state index contributed by atoms with van der Waals surface area (Å²) in [6.07, 6.45) is 1.21. The lowest BCUT2D eigenvalue weighted by molar-refractivity contribution is -0.142. The molecule has 5 atom stereocenters. The minimum absolute atomic E-state index is 0.0333. The van der Waals surface area contributed by atoms with Crippen molar-refractivity contribution in [3.8, 4) is 0 Å². The highest BCUT2D eigenvalue weighted by atomic mass is 16.2. The Morgan fingerprint density at radius 3 is 2.24 bits per heavy atom. The van der Waals surface area contributed by atoms with Crippen molar-refractivity contribution in [3.63, 3.8) is 0 Å². The van der Waals surface area contributed by atoms with Crippen LogP contribution in [0.1, 0.15) is 65.5 Å². The zero-order valence-electron chi connectivity index (χ0n) is 21.3. The Kier molecular flexibility index (Phi) is 10.2. The molecule has 0 aromatic heterocycles. The van der Waals surface area contributed by atoms with Crippen LogP contribution in [0.3, 0.4) is 0 Å². The third kappa shape index (κ3) is 7.65. The van der Waals surface area contributed by atoms with Gasteiger partial charge in [-0.1, -0.05) is 44.2 Å². The number of Topliss-reactive ketones (excluding diaryl/α,β-unsaturated/α-hetero) is 1. The maximum Gasteiger partial charge on any atom is 0.245 e. The number of hydrogen-bond acceptors (Lipinski definition) is 5. The first-order valence-electron chi connectivity index (χ1n) is 12.2. The molecule has 0 radical (unpaired) electrons. The molecule has 1 heterocycles. The summed E-state index contributed by atoms with van der Waals surface area (Å²) in [6, 6.07) is 7.54. The number of benzene rings is 1. The number of ketones is 1. The lowest BCUT2D eigenvalue weighted by atomic mass is 9.99. The van der Waals surface area contributed by atoms with E-state index < -0.39 is 18.1 Å². The van der Waals surface area contributed by atoms with Crippen LogP contribution in [0.5, 0.6) is 0 Å². The van der Waals surface area contributed by atoms with Crippen molar-refractivity contribution in [1.82, 2.24) is 20.9 Å². The van der Waals surface area contributed by atoms with Crippen molar-refractivity contribution in [1.29, 1.82) is 0 Å². The molecule has 3 N–H and O–H groups in total. The summed E-state index contributed by atoms with van der Waals surface area (Å²) < 4.78 is 0. The van der Waals surface area contributed by atoms with E-state index in [4.69, 9.17) is 0 Å². The fourth-order valence-corrected chi connectivity index (χ4v) is 4.42. The van der Waals surface area contributed by atoms with Gasteiger partial charge in [-0.15, -0.1) is 0 Å². The highest BCUT2D eigenvalue weighted by Gasteiger charge is 2.42. The number of hydrogen-bond donors (Lipinski definition) is 3. The maximum absolute atomic E-state index is 13.7. The first kappa shape index (κ1) is 27.5. The zero-order valence-corrected chi connectivity index (χ0v) is 21.3. The van der Waals surface area contributed by atoms with Crippen LogP contribution in [0.25, 0.3) is 0 Å². The fraction of sp³-hybridized carbons (Fsp3) is 0.615. The summed E-state index contributed by atoms with van der Waals surface area (Å²) in [5.41, 5.74) is 0.970. The Hall–Kier alpha value is -2.74. The summed E-state index contributed by atoms with van der Waals surface area (Å²) in [5, 5.41) is 8.78. The van der Waals surface area contributed by atoms with Crippen LogP contribution in [0, 0.1) is 11.8 Å². The monoisotopic (exact) mass is 472 g/mol. The average molecular weight is 473 g/mol. The second-order valence-electron chi connectivity index (χ2n) is 9.86. The Labute approximate surface area is 203 Å². The van der Waals surface area contributed by atoms with Gasteiger partial charge in [0.15, 0.2) is 0 Å². The molecule has 0 spiro atoms. The molecule has 1 saturated heterocycles. The van der Waals surface area contributed by atoms with E-state index in [0.717, 1.165) is 5.56 Å². The summed E-state index contributed by atoms with van der Waals surface area (Å²) in [7, 11) is 1.69. The minimum Gasteiger partial charge on any atom is -0.348 e. The fourth-order valence-electron chi connectivity index (χ4n) is 4.42. The number of carbonyl (C=O) groups excluding carboxylic acids is 4. The minimum atomic E-state index is -0.735. The summed E-state index contributed by atoms with van der Waals surface area (Å²) in [5.74, 6) is -0.667. The molecule has 1 aliphatic rings. The van der Waals surface area contributed by atoms with Gasteiger partial charge < -0.3 is 25.6 Å². The van der Waals surface area contributed by atoms with Gasteiger partial charge in [0.1, 0.15) is 17.9 Å². The molecule has 0 saturated carbocycles. The lowest BCUT2D eigenvalue weighted by Crippen LogP contribution is -2.56. The number of likely N-dealkylation sites (tertiary alicyclic amines) is 1. The largest absolute Gasteiger partial charge is 0.348 e. The average Bonchev–Trinajstić information content (AvgIpc) is 3.20. The maximum atomic E-state index is 13.7. The molecule has 34 heavy (non-hydrogen) atoms. The normalized spacial score (nSPS) is 20.5. The molecule has 8 heteroatoms. The molecule has 0 unspecified atom stereocenters. The number of rotatable bonds is 11. The van der Waals surface area contributed by atoms with Crippen molar-refractivity contribution in [2.24, 2.45) is 11.8 Å². The molecule has 1 aromatic rings. The van der Waals surface area contributed by atoms with Crippen LogP contribution in [0.2, 0.25) is 0 Å². The predicted molar refractivity (Wildman–Crippen MR) is 132 cm³/mol. The highest BCUT2D eigenvalue weighted by molar-refractivity contribution is 5.93. The van der Waals surface area contributed by atoms with E-state index in [9.17, 15) is 19.2 Å². The first-order valence-corrected chi connectivity index (χ1v) is 12.2. The smallest absolute Gasteiger partial charge is 0.245 e. The Morgan fingerprint density at radius 2 is 1.68 bits per heavy atom. The Morgan fingerprint density at radius 1 is 1.03 bits per heavy atom. The van der Waals surface area contributed by atoms with Gasteiger partial charge >= 0.3 is 0 Å². The highest BCUT2D eigenvalue weighted by Crippen LogP contribution is 2.28. The van der Waals surface area contributed by atoms with Gasteiger partial charge in [-0.05, 0) is 58.1 Å². The van der Waals surface area contributed by atoms with Gasteiger partial charge in [0.2, 0.25) is 17.7 Å². The van der Waals surface area contributed by atoms with E-state index in [1.54, 1.807) is 18.9 Å². The second-order valence-corrected chi connectivity index (χ2v) is 9.86. The van der Waals surface area contributed by atoms with Crippen molar-refractivity contribution in [2.45, 2.75) is 78.0 Å². The van der Waals surface area contributed by atoms with Crippen LogP contribution >= 0.6 is 0 Å². The standard InChI is InChI=1S/C26H40N4O4/c1-16(2)12-22(29-24(32)19(5)27-6)26(34)30-15-20(13-17(3)31)14-23(30)25(33)28-18(4)21-10-8-7-9-11-21/h7-11,16,18-20,22-23,27H,12-15H2,1-6H3,(H,28,33)(H,29,32)/t18-,19+,20+,22+,23+/m1/s1. The lowest BCUT2D eigenvalue weighted by Gasteiger charge is -2.30. The number of nitrogens with one attached hydrogen (secondary N) is 3. The molecule has 0 aliphatic carbocycles. The Bertz CT molecular complexity index is 858. The molecule has 0 bridgehead atoms. The first-order chi connectivity index (χ1) is 16.0. The van der Waals surface area contributed by atoms with E-state index in [-0.39, 0.29) is 41.4 Å². The van der Waals surface area contributed by atoms with Crippen LogP contribution < -0.4 is 16.0 Å². The van der Waals surface area contributed by atoms with Crippen molar-refractivity contribution in [3.05, 3.63) is 35.9 Å². The van der Waals surface area contributed by atoms with Gasteiger partial charge in [0, 0.05) is 13.0 Å². The molecule has 3 amide bonds. The van der Waals surface area contributed by atoms with Crippen molar-refractivity contribution < 1.29 is 19.2 Å².